The van der Waals surface area contributed by atoms with Gasteiger partial charge in [-0.05, 0) is 104 Å². The average molecular weight is 404 g/mol. The van der Waals surface area contributed by atoms with Crippen molar-refractivity contribution in [3.63, 3.8) is 0 Å². The molecule has 29 heavy (non-hydrogen) atoms. The van der Waals surface area contributed by atoms with Crippen molar-refractivity contribution in [3.05, 3.63) is 0 Å². The molecule has 0 spiro atoms. The van der Waals surface area contributed by atoms with Gasteiger partial charge in [-0.2, -0.15) is 0 Å². The van der Waals surface area contributed by atoms with E-state index in [1.807, 2.05) is 0 Å². The molecular formula is C27H49NO. The van der Waals surface area contributed by atoms with Gasteiger partial charge in [0.1, 0.15) is 0 Å². The minimum absolute atomic E-state index is 0.156. The highest BCUT2D eigenvalue weighted by Crippen LogP contribution is 2.68. The molecule has 0 aliphatic heterocycles. The lowest BCUT2D eigenvalue weighted by Crippen LogP contribution is -2.61. The second-order valence-corrected chi connectivity index (χ2v) is 12.8. The Labute approximate surface area is 180 Å². The summed E-state index contributed by atoms with van der Waals surface area (Å²) in [6.07, 6.45) is 14.4. The molecule has 4 aliphatic rings. The highest BCUT2D eigenvalue weighted by Gasteiger charge is 2.62. The lowest BCUT2D eigenvalue weighted by molar-refractivity contribution is -0.138. The van der Waals surface area contributed by atoms with E-state index in [-0.39, 0.29) is 17.6 Å². The molecule has 4 aliphatic carbocycles. The van der Waals surface area contributed by atoms with Crippen molar-refractivity contribution >= 4 is 0 Å². The Morgan fingerprint density at radius 1 is 0.931 bits per heavy atom. The van der Waals surface area contributed by atoms with E-state index in [2.05, 4.69) is 34.6 Å². The van der Waals surface area contributed by atoms with Gasteiger partial charge in [0.2, 0.25) is 0 Å². The monoisotopic (exact) mass is 403 g/mol. The van der Waals surface area contributed by atoms with Crippen molar-refractivity contribution < 1.29 is 5.11 Å². The number of aliphatic hydroxyl groups is 1. The molecule has 4 fully saturated rings. The van der Waals surface area contributed by atoms with Crippen LogP contribution in [0.4, 0.5) is 0 Å². The molecule has 2 heteroatoms. The third-order valence-electron chi connectivity index (χ3n) is 11.0. The van der Waals surface area contributed by atoms with Crippen molar-refractivity contribution in [2.24, 2.45) is 58.0 Å². The molecule has 0 amide bonds. The molecule has 0 aromatic rings. The van der Waals surface area contributed by atoms with Crippen LogP contribution < -0.4 is 5.73 Å². The van der Waals surface area contributed by atoms with Crippen LogP contribution in [0.2, 0.25) is 0 Å². The Morgan fingerprint density at radius 3 is 2.41 bits per heavy atom. The predicted octanol–water partition coefficient (Wildman–Crippen LogP) is 6.41. The maximum Gasteiger partial charge on any atom is 0.0558 e. The maximum atomic E-state index is 10.3. The van der Waals surface area contributed by atoms with Crippen molar-refractivity contribution in [1.29, 1.82) is 0 Å². The summed E-state index contributed by atoms with van der Waals surface area (Å²) < 4.78 is 0. The normalized spacial score (nSPS) is 50.7. The second kappa shape index (κ2) is 8.12. The van der Waals surface area contributed by atoms with E-state index >= 15 is 0 Å². The van der Waals surface area contributed by atoms with Crippen LogP contribution in [0.5, 0.6) is 0 Å². The third-order valence-corrected chi connectivity index (χ3v) is 11.0. The highest BCUT2D eigenvalue weighted by atomic mass is 16.3. The number of hydrogen-bond donors (Lipinski definition) is 2. The van der Waals surface area contributed by atoms with Crippen LogP contribution in [0.15, 0.2) is 0 Å². The molecular weight excluding hydrogens is 354 g/mol. The fourth-order valence-corrected chi connectivity index (χ4v) is 9.42. The Balaban J connectivity index is 1.49. The number of rotatable bonds is 5. The lowest BCUT2D eigenvalue weighted by atomic mass is 9.43. The van der Waals surface area contributed by atoms with E-state index in [1.54, 1.807) is 0 Å². The Hall–Kier alpha value is -0.0800. The topological polar surface area (TPSA) is 46.2 Å². The third kappa shape index (κ3) is 3.63. The molecule has 4 rings (SSSR count). The molecule has 0 heterocycles. The molecule has 1 unspecified atom stereocenters. The first-order valence-electron chi connectivity index (χ1n) is 13.1. The lowest BCUT2D eigenvalue weighted by Gasteiger charge is -2.63. The SMILES string of the molecule is CC(C)CCC[C@@H](C)[C@H]1CC[C@H]2[C@H]3CC[C@@H]4C[C@H](O)CC(N)[C@]4(C)[C@H]3CC[C@]12C. The number of aliphatic hydroxyl groups excluding tert-OH is 1. The molecule has 0 bridgehead atoms. The molecule has 2 nitrogen and oxygen atoms in total. The van der Waals surface area contributed by atoms with E-state index in [9.17, 15) is 5.11 Å². The Kier molecular flexibility index (Phi) is 6.19. The summed E-state index contributed by atoms with van der Waals surface area (Å²) in [6, 6.07) is 0.195. The van der Waals surface area contributed by atoms with E-state index in [4.69, 9.17) is 5.73 Å². The number of nitrogens with two attached hydrogens (primary N) is 1. The van der Waals surface area contributed by atoms with Gasteiger partial charge < -0.3 is 10.8 Å². The number of hydrogen-bond acceptors (Lipinski definition) is 2. The van der Waals surface area contributed by atoms with Gasteiger partial charge in [0, 0.05) is 6.04 Å². The van der Waals surface area contributed by atoms with Gasteiger partial charge in [-0.1, -0.05) is 53.9 Å². The first-order chi connectivity index (χ1) is 13.7. The fraction of sp³-hybridized carbons (Fsp3) is 1.00. The van der Waals surface area contributed by atoms with Gasteiger partial charge >= 0.3 is 0 Å². The van der Waals surface area contributed by atoms with Crippen LogP contribution in [-0.2, 0) is 0 Å². The minimum Gasteiger partial charge on any atom is -0.393 e. The van der Waals surface area contributed by atoms with Crippen molar-refractivity contribution in [2.45, 2.75) is 117 Å². The van der Waals surface area contributed by atoms with E-state index in [0.29, 0.717) is 11.3 Å². The molecule has 0 aromatic heterocycles. The molecule has 0 radical (unpaired) electrons. The van der Waals surface area contributed by atoms with Crippen molar-refractivity contribution in [2.75, 3.05) is 0 Å². The smallest absolute Gasteiger partial charge is 0.0558 e. The van der Waals surface area contributed by atoms with Gasteiger partial charge in [-0.15, -0.1) is 0 Å². The summed E-state index contributed by atoms with van der Waals surface area (Å²) in [4.78, 5) is 0. The molecule has 0 aromatic carbocycles. The van der Waals surface area contributed by atoms with Gasteiger partial charge in [0.05, 0.1) is 6.10 Å². The predicted molar refractivity (Wildman–Crippen MR) is 122 cm³/mol. The first-order valence-corrected chi connectivity index (χ1v) is 13.1. The summed E-state index contributed by atoms with van der Waals surface area (Å²) >= 11 is 0. The number of fused-ring (bicyclic) bond motifs is 5. The maximum absolute atomic E-state index is 10.3. The summed E-state index contributed by atoms with van der Waals surface area (Å²) in [6.45, 7) is 12.5. The summed E-state index contributed by atoms with van der Waals surface area (Å²) in [5.41, 5.74) is 7.62. The van der Waals surface area contributed by atoms with E-state index < -0.39 is 0 Å². The van der Waals surface area contributed by atoms with Crippen molar-refractivity contribution in [1.82, 2.24) is 0 Å². The van der Waals surface area contributed by atoms with Crippen LogP contribution in [-0.4, -0.2) is 17.3 Å². The quantitative estimate of drug-likeness (QED) is 0.557. The molecule has 3 N–H and O–H groups in total. The summed E-state index contributed by atoms with van der Waals surface area (Å²) in [5, 5.41) is 10.3. The van der Waals surface area contributed by atoms with Gasteiger partial charge in [0.25, 0.3) is 0 Å². The zero-order chi connectivity index (χ0) is 21.0. The van der Waals surface area contributed by atoms with E-state index in [1.165, 1.54) is 57.8 Å². The second-order valence-electron chi connectivity index (χ2n) is 12.8. The fourth-order valence-electron chi connectivity index (χ4n) is 9.42. The molecule has 4 saturated carbocycles. The average Bonchev–Trinajstić information content (AvgIpc) is 3.00. The van der Waals surface area contributed by atoms with Crippen molar-refractivity contribution in [3.8, 4) is 0 Å². The van der Waals surface area contributed by atoms with Gasteiger partial charge in [-0.3, -0.25) is 0 Å². The summed E-state index contributed by atoms with van der Waals surface area (Å²) in [5.74, 6) is 5.95. The van der Waals surface area contributed by atoms with E-state index in [0.717, 1.165) is 48.3 Å². The largest absolute Gasteiger partial charge is 0.393 e. The minimum atomic E-state index is -0.156. The first kappa shape index (κ1) is 22.1. The van der Waals surface area contributed by atoms with Crippen LogP contribution in [0.1, 0.15) is 105 Å². The van der Waals surface area contributed by atoms with Crippen LogP contribution in [0.3, 0.4) is 0 Å². The zero-order valence-corrected chi connectivity index (χ0v) is 20.0. The Morgan fingerprint density at radius 2 is 1.69 bits per heavy atom. The van der Waals surface area contributed by atoms with Gasteiger partial charge in [-0.25, -0.2) is 0 Å². The Bertz CT molecular complexity index is 575. The molecule has 10 atom stereocenters. The van der Waals surface area contributed by atoms with Gasteiger partial charge in [0.15, 0.2) is 0 Å². The van der Waals surface area contributed by atoms with Crippen LogP contribution >= 0.6 is 0 Å². The summed E-state index contributed by atoms with van der Waals surface area (Å²) in [7, 11) is 0. The molecule has 0 saturated heterocycles. The van der Waals surface area contributed by atoms with Crippen LogP contribution in [0.25, 0.3) is 0 Å². The standard InChI is InChI=1S/C27H49NO/c1-17(2)7-6-8-18(3)22-11-12-23-21-10-9-19-15-20(29)16-25(28)27(19,5)24(21)13-14-26(22,23)4/h17-25,29H,6-16,28H2,1-5H3/t18-,19-,20+,21-,22-,23+,24+,25?,26-,27+/m1/s1. The van der Waals surface area contributed by atoms with Crippen LogP contribution in [0, 0.1) is 52.3 Å². The zero-order valence-electron chi connectivity index (χ0n) is 20.0. The molecule has 168 valence electrons. The highest BCUT2D eigenvalue weighted by molar-refractivity contribution is 5.12.